The summed E-state index contributed by atoms with van der Waals surface area (Å²) in [5.74, 6) is -0.298. The molecular weight excluding hydrogens is 404 g/mol. The van der Waals surface area contributed by atoms with E-state index >= 15 is 0 Å². The van der Waals surface area contributed by atoms with Crippen LogP contribution in [0.15, 0.2) is 90.3 Å². The molecule has 0 spiro atoms. The Balaban J connectivity index is 0.000000176. The maximum Gasteiger partial charge on any atom is 0.321 e. The van der Waals surface area contributed by atoms with Gasteiger partial charge in [-0.1, -0.05) is 42.5 Å². The van der Waals surface area contributed by atoms with Crippen LogP contribution in [0.4, 0.5) is 21.9 Å². The summed E-state index contributed by atoms with van der Waals surface area (Å²) in [7, 11) is 3.41. The maximum atomic E-state index is 12.4. The number of allylic oxidation sites excluding steroid dienone is 2. The average molecular weight is 426 g/mol. The zero-order chi connectivity index (χ0) is 22.7. The molecule has 0 atom stereocenters. The SMILES string of the molecule is CN(C)C(=O)Nc1ccccc1.O=C1/C(=C2\Nc3ccccc3C2=O)Nc2ccccc21. The van der Waals surface area contributed by atoms with Crippen molar-refractivity contribution in [2.24, 2.45) is 0 Å². The molecule has 5 rings (SSSR count). The molecule has 0 saturated carbocycles. The number of rotatable bonds is 1. The predicted octanol–water partition coefficient (Wildman–Crippen LogP) is 4.59. The first kappa shape index (κ1) is 20.9. The summed E-state index contributed by atoms with van der Waals surface area (Å²) in [6, 6.07) is 23.7. The Labute approximate surface area is 185 Å². The Hall–Kier alpha value is -4.39. The number of carbonyl (C=O) groups is 3. The molecule has 0 bridgehead atoms. The Bertz CT molecular complexity index is 1170. The average Bonchev–Trinajstić information content (AvgIpc) is 3.32. The minimum Gasteiger partial charge on any atom is -0.350 e. The van der Waals surface area contributed by atoms with Crippen molar-refractivity contribution in [1.82, 2.24) is 4.90 Å². The van der Waals surface area contributed by atoms with Crippen LogP contribution in [0.5, 0.6) is 0 Å². The van der Waals surface area contributed by atoms with Crippen LogP contribution in [-0.4, -0.2) is 36.6 Å². The van der Waals surface area contributed by atoms with Gasteiger partial charge in [-0.25, -0.2) is 4.79 Å². The summed E-state index contributed by atoms with van der Waals surface area (Å²) < 4.78 is 0. The van der Waals surface area contributed by atoms with Gasteiger partial charge in [-0.05, 0) is 36.4 Å². The Morgan fingerprint density at radius 1 is 0.688 bits per heavy atom. The molecule has 7 nitrogen and oxygen atoms in total. The molecule has 32 heavy (non-hydrogen) atoms. The number of hydrogen-bond acceptors (Lipinski definition) is 5. The van der Waals surface area contributed by atoms with E-state index < -0.39 is 0 Å². The number of Topliss-reactive ketones (excluding diaryl/α,β-unsaturated/α-hetero) is 2. The third-order valence-electron chi connectivity index (χ3n) is 5.00. The second-order valence-corrected chi connectivity index (χ2v) is 7.44. The first-order valence-electron chi connectivity index (χ1n) is 10.0. The molecule has 2 heterocycles. The largest absolute Gasteiger partial charge is 0.350 e. The lowest BCUT2D eigenvalue weighted by Gasteiger charge is -2.11. The maximum absolute atomic E-state index is 12.4. The molecule has 0 fully saturated rings. The summed E-state index contributed by atoms with van der Waals surface area (Å²) in [6.45, 7) is 0. The van der Waals surface area contributed by atoms with E-state index in [0.29, 0.717) is 22.5 Å². The molecule has 160 valence electrons. The highest BCUT2D eigenvalue weighted by Gasteiger charge is 2.34. The molecule has 0 aromatic heterocycles. The van der Waals surface area contributed by atoms with E-state index in [-0.39, 0.29) is 17.6 Å². The highest BCUT2D eigenvalue weighted by molar-refractivity contribution is 6.27. The molecule has 3 aromatic rings. The zero-order valence-corrected chi connectivity index (χ0v) is 17.7. The van der Waals surface area contributed by atoms with E-state index in [1.807, 2.05) is 66.7 Å². The van der Waals surface area contributed by atoms with Gasteiger partial charge in [0, 0.05) is 42.3 Å². The number of carbonyl (C=O) groups excluding carboxylic acids is 3. The molecule has 0 unspecified atom stereocenters. The third kappa shape index (κ3) is 4.09. The lowest BCUT2D eigenvalue weighted by atomic mass is 10.1. The zero-order valence-electron chi connectivity index (χ0n) is 17.7. The van der Waals surface area contributed by atoms with Crippen LogP contribution in [0.2, 0.25) is 0 Å². The highest BCUT2D eigenvalue weighted by atomic mass is 16.2. The van der Waals surface area contributed by atoms with Gasteiger partial charge in [0.05, 0.1) is 0 Å². The van der Waals surface area contributed by atoms with Gasteiger partial charge >= 0.3 is 6.03 Å². The van der Waals surface area contributed by atoms with Crippen LogP contribution in [-0.2, 0) is 0 Å². The van der Waals surface area contributed by atoms with E-state index in [9.17, 15) is 14.4 Å². The predicted molar refractivity (Wildman–Crippen MR) is 125 cm³/mol. The first-order valence-corrected chi connectivity index (χ1v) is 10.0. The molecule has 2 aliphatic rings. The minimum absolute atomic E-state index is 0.110. The number of para-hydroxylation sites is 3. The lowest BCUT2D eigenvalue weighted by molar-refractivity contribution is 0.101. The molecule has 2 amide bonds. The fourth-order valence-corrected chi connectivity index (χ4v) is 3.34. The van der Waals surface area contributed by atoms with E-state index in [1.165, 1.54) is 4.90 Å². The summed E-state index contributed by atoms with van der Waals surface area (Å²) in [4.78, 5) is 37.4. The number of ketones is 2. The fraction of sp³-hybridized carbons (Fsp3) is 0.0800. The first-order chi connectivity index (χ1) is 15.5. The molecule has 3 N–H and O–H groups in total. The number of nitrogens with zero attached hydrogens (tertiary/aromatic N) is 1. The number of amides is 2. The monoisotopic (exact) mass is 426 g/mol. The van der Waals surface area contributed by atoms with E-state index in [0.717, 1.165) is 17.1 Å². The van der Waals surface area contributed by atoms with Crippen molar-refractivity contribution in [3.8, 4) is 0 Å². The fourth-order valence-electron chi connectivity index (χ4n) is 3.34. The normalized spacial score (nSPS) is 15.6. The Morgan fingerprint density at radius 2 is 1.12 bits per heavy atom. The molecule has 7 heteroatoms. The highest BCUT2D eigenvalue weighted by Crippen LogP contribution is 2.34. The number of benzene rings is 3. The van der Waals surface area contributed by atoms with Crippen molar-refractivity contribution in [2.45, 2.75) is 0 Å². The Kier molecular flexibility index (Phi) is 5.72. The van der Waals surface area contributed by atoms with Crippen LogP contribution in [0.25, 0.3) is 0 Å². The number of nitrogens with one attached hydrogen (secondary N) is 3. The summed E-state index contributed by atoms with van der Waals surface area (Å²) in [5.41, 5.74) is 4.15. The Morgan fingerprint density at radius 3 is 1.56 bits per heavy atom. The van der Waals surface area contributed by atoms with Gasteiger partial charge in [0.1, 0.15) is 11.4 Å². The smallest absolute Gasteiger partial charge is 0.321 e. The van der Waals surface area contributed by atoms with Crippen molar-refractivity contribution in [3.05, 3.63) is 101 Å². The lowest BCUT2D eigenvalue weighted by Crippen LogP contribution is -2.27. The van der Waals surface area contributed by atoms with E-state index in [1.54, 1.807) is 26.2 Å². The molecule has 0 saturated heterocycles. The van der Waals surface area contributed by atoms with Gasteiger partial charge in [0.15, 0.2) is 0 Å². The molecule has 3 aromatic carbocycles. The molecule has 0 radical (unpaired) electrons. The van der Waals surface area contributed by atoms with E-state index in [2.05, 4.69) is 16.0 Å². The van der Waals surface area contributed by atoms with Crippen LogP contribution in [0, 0.1) is 0 Å². The second-order valence-electron chi connectivity index (χ2n) is 7.44. The van der Waals surface area contributed by atoms with Crippen molar-refractivity contribution in [1.29, 1.82) is 0 Å². The van der Waals surface area contributed by atoms with Gasteiger partial charge in [0.25, 0.3) is 0 Å². The number of hydrogen-bond donors (Lipinski definition) is 3. The van der Waals surface area contributed by atoms with Gasteiger partial charge in [-0.2, -0.15) is 0 Å². The van der Waals surface area contributed by atoms with Crippen molar-refractivity contribution < 1.29 is 14.4 Å². The summed E-state index contributed by atoms with van der Waals surface area (Å²) in [6.07, 6.45) is 0. The van der Waals surface area contributed by atoms with Crippen molar-refractivity contribution >= 4 is 34.7 Å². The van der Waals surface area contributed by atoms with Crippen LogP contribution in [0.3, 0.4) is 0 Å². The number of anilines is 3. The minimum atomic E-state index is -0.149. The summed E-state index contributed by atoms with van der Waals surface area (Å²) in [5, 5.41) is 8.80. The topological polar surface area (TPSA) is 90.5 Å². The third-order valence-corrected chi connectivity index (χ3v) is 5.00. The van der Waals surface area contributed by atoms with Crippen LogP contribution in [0.1, 0.15) is 20.7 Å². The standard InChI is InChI=1S/C16H10N2O2.C9H12N2O/c19-15-9-5-1-3-7-11(9)17-13(15)14-16(20)10-6-2-4-8-12(10)18-14;1-11(2)9(12)10-8-6-4-3-5-7-8/h1-8,17-18H;3-7H,1-2H3,(H,10,12)/b14-13+;. The van der Waals surface area contributed by atoms with Crippen molar-refractivity contribution in [2.75, 3.05) is 30.0 Å². The molecular formula is C25H22N4O3. The van der Waals surface area contributed by atoms with Gasteiger partial charge in [-0.15, -0.1) is 0 Å². The van der Waals surface area contributed by atoms with Crippen LogP contribution >= 0.6 is 0 Å². The molecule has 0 aliphatic carbocycles. The summed E-state index contributed by atoms with van der Waals surface area (Å²) >= 11 is 0. The second kappa shape index (κ2) is 8.77. The van der Waals surface area contributed by atoms with Gasteiger partial charge < -0.3 is 20.9 Å². The van der Waals surface area contributed by atoms with E-state index in [4.69, 9.17) is 0 Å². The quantitative estimate of drug-likeness (QED) is 0.495. The number of fused-ring (bicyclic) bond motifs is 2. The van der Waals surface area contributed by atoms with Gasteiger partial charge in [-0.3, -0.25) is 9.59 Å². The van der Waals surface area contributed by atoms with Crippen molar-refractivity contribution in [3.63, 3.8) is 0 Å². The molecule has 2 aliphatic heterocycles. The van der Waals surface area contributed by atoms with Gasteiger partial charge in [0.2, 0.25) is 11.6 Å². The number of urea groups is 1. The van der Waals surface area contributed by atoms with Crippen LogP contribution < -0.4 is 16.0 Å².